The second-order valence-corrected chi connectivity index (χ2v) is 8.79. The minimum Gasteiger partial charge on any atom is -0.510 e. The Balaban J connectivity index is 0.00000158. The molecule has 0 aromatic heterocycles. The van der Waals surface area contributed by atoms with Crippen molar-refractivity contribution in [2.24, 2.45) is 17.6 Å². The van der Waals surface area contributed by atoms with Gasteiger partial charge in [-0.25, -0.2) is 0 Å². The highest BCUT2D eigenvalue weighted by atomic mass is 16.4. The van der Waals surface area contributed by atoms with Crippen molar-refractivity contribution < 1.29 is 39.9 Å². The number of fused-ring (bicyclic) bond motifs is 3. The van der Waals surface area contributed by atoms with E-state index >= 15 is 0 Å². The SMILES string of the molecule is C[C@H]1c2cccc(O)c2C(=O)C2=C(O)[C@]3(O)C(=O)C(C(N)=O)=C(O)[C@@H](N(C)C)[C@H]3[C@@H](O)[C@@H]21.N#N. The van der Waals surface area contributed by atoms with Gasteiger partial charge in [0.2, 0.25) is 5.78 Å². The van der Waals surface area contributed by atoms with E-state index in [2.05, 4.69) is 0 Å². The first-order valence-electron chi connectivity index (χ1n) is 10.2. The van der Waals surface area contributed by atoms with Crippen LogP contribution in [-0.2, 0) is 9.59 Å². The van der Waals surface area contributed by atoms with Crippen molar-refractivity contribution in [1.82, 2.24) is 4.90 Å². The van der Waals surface area contributed by atoms with Crippen molar-refractivity contribution in [3.63, 3.8) is 0 Å². The van der Waals surface area contributed by atoms with Crippen LogP contribution in [0.3, 0.4) is 0 Å². The van der Waals surface area contributed by atoms with E-state index in [1.165, 1.54) is 25.1 Å². The molecule has 3 aliphatic carbocycles. The average molecular weight is 472 g/mol. The lowest BCUT2D eigenvalue weighted by Gasteiger charge is -2.53. The highest BCUT2D eigenvalue weighted by molar-refractivity contribution is 6.25. The minimum atomic E-state index is -2.89. The summed E-state index contributed by atoms with van der Waals surface area (Å²) in [7, 11) is 2.98. The lowest BCUT2D eigenvalue weighted by Crippen LogP contribution is -2.68. The number of phenols is 1. The Kier molecular flexibility index (Phi) is 6.00. The number of nitrogens with zero attached hydrogens (tertiary/aromatic N) is 3. The number of aliphatic hydroxyl groups excluding tert-OH is 3. The highest BCUT2D eigenvalue weighted by Gasteiger charge is 2.67. The summed E-state index contributed by atoms with van der Waals surface area (Å²) in [6.07, 6.45) is -1.59. The van der Waals surface area contributed by atoms with E-state index in [9.17, 15) is 39.9 Å². The molecule has 1 aromatic carbocycles. The van der Waals surface area contributed by atoms with Gasteiger partial charge >= 0.3 is 0 Å². The zero-order chi connectivity index (χ0) is 25.9. The van der Waals surface area contributed by atoms with Crippen LogP contribution in [0.2, 0.25) is 0 Å². The monoisotopic (exact) mass is 472 g/mol. The van der Waals surface area contributed by atoms with Gasteiger partial charge in [-0.3, -0.25) is 19.3 Å². The zero-order valence-corrected chi connectivity index (χ0v) is 18.5. The maximum atomic E-state index is 13.3. The molecule has 1 amide bonds. The number of nitrogens with two attached hydrogens (primary N) is 1. The van der Waals surface area contributed by atoms with Crippen LogP contribution in [0.1, 0.15) is 28.8 Å². The quantitative estimate of drug-likeness (QED) is 0.241. The first kappa shape index (κ1) is 24.8. The molecule has 7 N–H and O–H groups in total. The maximum Gasteiger partial charge on any atom is 0.255 e. The number of amides is 1. The Morgan fingerprint density at radius 1 is 1.15 bits per heavy atom. The summed E-state index contributed by atoms with van der Waals surface area (Å²) < 4.78 is 0. The Labute approximate surface area is 193 Å². The molecule has 6 atom stereocenters. The van der Waals surface area contributed by atoms with Gasteiger partial charge in [0, 0.05) is 22.3 Å². The van der Waals surface area contributed by atoms with Crippen LogP contribution in [0, 0.1) is 22.6 Å². The molecular weight excluding hydrogens is 448 g/mol. The summed E-state index contributed by atoms with van der Waals surface area (Å²) in [6.45, 7) is 1.68. The molecule has 3 aliphatic rings. The van der Waals surface area contributed by atoms with Crippen LogP contribution in [0.15, 0.2) is 40.9 Å². The summed E-state index contributed by atoms with van der Waals surface area (Å²) >= 11 is 0. The summed E-state index contributed by atoms with van der Waals surface area (Å²) in [4.78, 5) is 39.8. The number of carbonyl (C=O) groups is 3. The molecule has 0 spiro atoms. The first-order chi connectivity index (χ1) is 15.9. The van der Waals surface area contributed by atoms with Gasteiger partial charge in [-0.1, -0.05) is 19.1 Å². The van der Waals surface area contributed by atoms with Gasteiger partial charge in [0.1, 0.15) is 22.8 Å². The van der Waals surface area contributed by atoms with E-state index in [0.29, 0.717) is 5.56 Å². The van der Waals surface area contributed by atoms with Gasteiger partial charge in [-0.05, 0) is 31.6 Å². The zero-order valence-electron chi connectivity index (χ0n) is 18.5. The fourth-order valence-electron chi connectivity index (χ4n) is 5.58. The lowest BCUT2D eigenvalue weighted by molar-refractivity contribution is -0.162. The molecule has 34 heavy (non-hydrogen) atoms. The number of Topliss-reactive ketones (excluding diaryl/α,β-unsaturated/α-hetero) is 2. The largest absolute Gasteiger partial charge is 0.510 e. The normalized spacial score (nSPS) is 32.4. The highest BCUT2D eigenvalue weighted by Crippen LogP contribution is 2.55. The molecule has 12 nitrogen and oxygen atoms in total. The third-order valence-electron chi connectivity index (χ3n) is 7.00. The summed E-state index contributed by atoms with van der Waals surface area (Å²) in [5.41, 5.74) is 1.36. The van der Waals surface area contributed by atoms with Crippen molar-refractivity contribution in [3.05, 3.63) is 52.0 Å². The number of primary amides is 1. The molecule has 180 valence electrons. The number of aliphatic hydroxyl groups is 4. The molecule has 0 unspecified atom stereocenters. The first-order valence-corrected chi connectivity index (χ1v) is 10.2. The van der Waals surface area contributed by atoms with E-state index in [1.54, 1.807) is 19.1 Å². The molecule has 0 fully saturated rings. The average Bonchev–Trinajstić information content (AvgIpc) is 2.77. The van der Waals surface area contributed by atoms with E-state index in [4.69, 9.17) is 16.5 Å². The third-order valence-corrected chi connectivity index (χ3v) is 7.00. The maximum absolute atomic E-state index is 13.3. The van der Waals surface area contributed by atoms with Crippen molar-refractivity contribution in [2.45, 2.75) is 30.6 Å². The number of aromatic hydroxyl groups is 1. The van der Waals surface area contributed by atoms with Gasteiger partial charge in [-0.15, -0.1) is 0 Å². The van der Waals surface area contributed by atoms with Gasteiger partial charge in [0.05, 0.1) is 23.6 Å². The summed E-state index contributed by atoms with van der Waals surface area (Å²) in [5.74, 6) is -8.86. The van der Waals surface area contributed by atoms with Crippen molar-refractivity contribution in [2.75, 3.05) is 14.1 Å². The molecule has 0 heterocycles. The van der Waals surface area contributed by atoms with Crippen molar-refractivity contribution >= 4 is 17.5 Å². The number of likely N-dealkylation sites (N-methyl/N-ethyl adjacent to an activating group) is 1. The third kappa shape index (κ3) is 2.95. The number of ketones is 2. The van der Waals surface area contributed by atoms with E-state index in [0.717, 1.165) is 0 Å². The van der Waals surface area contributed by atoms with Crippen LogP contribution in [-0.4, -0.2) is 79.7 Å². The number of benzene rings is 1. The predicted octanol–water partition coefficient (Wildman–Crippen LogP) is -0.317. The molecule has 12 heteroatoms. The number of rotatable bonds is 2. The van der Waals surface area contributed by atoms with Gasteiger partial charge in [0.25, 0.3) is 5.91 Å². The topological polar surface area (TPSA) is 229 Å². The standard InChI is InChI=1S/C22H24N2O8.N2/c1-7-8-5-4-6-9(25)11(8)16(26)12-10(7)17(27)14-15(24(2)3)18(28)13(21(23)31)20(30)22(14,32)19(12)29;1-2/h4-7,10,14-15,17,25,27-29,32H,1-3H3,(H2,23,31);/t7-,10+,14-,15-,17-,22-;/m0./s1. The molecule has 0 bridgehead atoms. The molecule has 0 radical (unpaired) electrons. The Morgan fingerprint density at radius 2 is 1.74 bits per heavy atom. The molecule has 0 aliphatic heterocycles. The Morgan fingerprint density at radius 3 is 2.26 bits per heavy atom. The fourth-order valence-corrected chi connectivity index (χ4v) is 5.58. The molecule has 0 saturated heterocycles. The second kappa shape index (κ2) is 8.21. The Bertz CT molecular complexity index is 1190. The number of hydrogen-bond acceptors (Lipinski definition) is 11. The van der Waals surface area contributed by atoms with Crippen LogP contribution < -0.4 is 5.73 Å². The molecular formula is C22H24N4O8. The fraction of sp³-hybridized carbons (Fsp3) is 0.409. The predicted molar refractivity (Wildman–Crippen MR) is 113 cm³/mol. The van der Waals surface area contributed by atoms with E-state index in [1.807, 2.05) is 0 Å². The van der Waals surface area contributed by atoms with Crippen molar-refractivity contribution in [3.8, 4) is 5.75 Å². The second-order valence-electron chi connectivity index (χ2n) is 8.79. The summed E-state index contributed by atoms with van der Waals surface area (Å²) in [5, 5.41) is 67.0. The number of hydrogen-bond donors (Lipinski definition) is 6. The van der Waals surface area contributed by atoms with Crippen molar-refractivity contribution in [1.29, 1.82) is 10.8 Å². The van der Waals surface area contributed by atoms with E-state index in [-0.39, 0.29) is 11.3 Å². The van der Waals surface area contributed by atoms with Gasteiger partial charge < -0.3 is 31.3 Å². The van der Waals surface area contributed by atoms with Crippen LogP contribution in [0.4, 0.5) is 0 Å². The van der Waals surface area contributed by atoms with Crippen LogP contribution >= 0.6 is 0 Å². The molecule has 1 aromatic rings. The van der Waals surface area contributed by atoms with Crippen LogP contribution in [0.5, 0.6) is 5.75 Å². The Hall–Kier alpha value is -3.79. The number of phenolic OH excluding ortho intramolecular Hbond substituents is 1. The summed E-state index contributed by atoms with van der Waals surface area (Å²) in [6, 6.07) is 3.17. The lowest BCUT2D eigenvalue weighted by atomic mass is 9.55. The minimum absolute atomic E-state index is 0.104. The van der Waals surface area contributed by atoms with Gasteiger partial charge in [-0.2, -0.15) is 0 Å². The van der Waals surface area contributed by atoms with Gasteiger partial charge in [0.15, 0.2) is 11.4 Å². The molecule has 0 saturated carbocycles. The van der Waals surface area contributed by atoms with Crippen LogP contribution in [0.25, 0.3) is 0 Å². The number of carbonyl (C=O) groups excluding carboxylic acids is 3. The molecule has 4 rings (SSSR count). The van der Waals surface area contributed by atoms with E-state index < -0.39 is 75.6 Å². The smallest absolute Gasteiger partial charge is 0.255 e.